The van der Waals surface area contributed by atoms with E-state index in [0.717, 1.165) is 34.1 Å². The molecule has 0 fully saturated rings. The number of aliphatic hydroxyl groups excluding tert-OH is 2. The summed E-state index contributed by atoms with van der Waals surface area (Å²) in [5.74, 6) is 2.08. The van der Waals surface area contributed by atoms with Crippen LogP contribution in [0.3, 0.4) is 0 Å². The standard InChI is InChI=1S/C24H43NO4S3.C2H6/c1-22-11-13-23(14-12-22)32(28)29-16-18-31-21-30-17-10-8-6-4-2-3-5-7-9-15-24(25,19-26)20-27;1-2/h11-14,26-27H,2-10,15-21,25H2,1H3;1-2H3. The first-order valence-corrected chi connectivity index (χ1v) is 16.2. The number of hydrogen-bond donors (Lipinski definition) is 3. The Morgan fingerprint density at radius 3 is 1.91 bits per heavy atom. The Hall–Kier alpha value is -0.0900. The van der Waals surface area contributed by atoms with Gasteiger partial charge < -0.3 is 15.9 Å². The summed E-state index contributed by atoms with van der Waals surface area (Å²) in [5, 5.41) is 19.4. The van der Waals surface area contributed by atoms with Gasteiger partial charge in [0.25, 0.3) is 0 Å². The van der Waals surface area contributed by atoms with Gasteiger partial charge in [0.15, 0.2) is 11.1 Å². The smallest absolute Gasteiger partial charge is 0.189 e. The third-order valence-electron chi connectivity index (χ3n) is 5.39. The van der Waals surface area contributed by atoms with Crippen LogP contribution in [0.1, 0.15) is 83.6 Å². The highest BCUT2D eigenvalue weighted by Gasteiger charge is 2.21. The average Bonchev–Trinajstić information content (AvgIpc) is 2.87. The Balaban J connectivity index is 0.00000529. The van der Waals surface area contributed by atoms with Gasteiger partial charge >= 0.3 is 0 Å². The summed E-state index contributed by atoms with van der Waals surface area (Å²) in [5.41, 5.74) is 6.23. The van der Waals surface area contributed by atoms with Crippen molar-refractivity contribution in [2.45, 2.75) is 95.4 Å². The Morgan fingerprint density at radius 1 is 0.853 bits per heavy atom. The second-order valence-corrected chi connectivity index (χ2v) is 12.2. The maximum absolute atomic E-state index is 12.0. The molecule has 1 aromatic carbocycles. The van der Waals surface area contributed by atoms with E-state index in [4.69, 9.17) is 20.1 Å². The van der Waals surface area contributed by atoms with Crippen LogP contribution in [0.15, 0.2) is 29.2 Å². The molecule has 0 saturated carbocycles. The molecule has 4 N–H and O–H groups in total. The SMILES string of the molecule is CC.Cc1ccc(S(=O)OCCSCSCCCCCCCCCCCC(N)(CO)CO)cc1. The molecule has 1 atom stereocenters. The zero-order chi connectivity index (χ0) is 25.5. The molecular formula is C26H49NO4S3. The topological polar surface area (TPSA) is 92.8 Å². The van der Waals surface area contributed by atoms with E-state index in [1.807, 2.05) is 68.6 Å². The van der Waals surface area contributed by atoms with Crippen LogP contribution in [-0.4, -0.2) is 56.4 Å². The number of rotatable bonds is 21. The molecule has 0 aromatic heterocycles. The first-order chi connectivity index (χ1) is 16.5. The summed E-state index contributed by atoms with van der Waals surface area (Å²) in [6, 6.07) is 7.63. The molecule has 34 heavy (non-hydrogen) atoms. The van der Waals surface area contributed by atoms with Gasteiger partial charge in [0.05, 0.1) is 30.3 Å². The predicted octanol–water partition coefficient (Wildman–Crippen LogP) is 6.07. The zero-order valence-electron chi connectivity index (χ0n) is 21.6. The van der Waals surface area contributed by atoms with Gasteiger partial charge in [-0.05, 0) is 37.7 Å². The molecule has 1 unspecified atom stereocenters. The average molecular weight is 536 g/mol. The molecule has 200 valence electrons. The summed E-state index contributed by atoms with van der Waals surface area (Å²) >= 11 is 2.47. The first kappa shape index (κ1) is 33.9. The number of hydrogen-bond acceptors (Lipinski definition) is 7. The van der Waals surface area contributed by atoms with Gasteiger partial charge in [-0.1, -0.05) is 82.9 Å². The lowest BCUT2D eigenvalue weighted by Crippen LogP contribution is -2.47. The number of thioether (sulfide) groups is 2. The molecule has 0 bridgehead atoms. The number of benzene rings is 1. The van der Waals surface area contributed by atoms with Gasteiger partial charge in [-0.25, -0.2) is 4.21 Å². The minimum atomic E-state index is -1.36. The van der Waals surface area contributed by atoms with Crippen molar-refractivity contribution in [3.8, 4) is 0 Å². The van der Waals surface area contributed by atoms with E-state index in [9.17, 15) is 4.21 Å². The summed E-state index contributed by atoms with van der Waals surface area (Å²) in [4.78, 5) is 0.730. The first-order valence-electron chi connectivity index (χ1n) is 12.8. The van der Waals surface area contributed by atoms with Crippen LogP contribution in [0, 0.1) is 6.92 Å². The molecule has 0 saturated heterocycles. The lowest BCUT2D eigenvalue weighted by molar-refractivity contribution is 0.112. The molecule has 0 aliphatic heterocycles. The van der Waals surface area contributed by atoms with Crippen LogP contribution in [0.4, 0.5) is 0 Å². The van der Waals surface area contributed by atoms with E-state index in [2.05, 4.69) is 0 Å². The molecule has 0 radical (unpaired) electrons. The number of aliphatic hydroxyl groups is 2. The molecule has 1 rings (SSSR count). The van der Waals surface area contributed by atoms with Gasteiger partial charge in [-0.2, -0.15) is 11.8 Å². The van der Waals surface area contributed by atoms with E-state index >= 15 is 0 Å². The van der Waals surface area contributed by atoms with Crippen molar-refractivity contribution in [1.29, 1.82) is 0 Å². The van der Waals surface area contributed by atoms with Gasteiger partial charge in [-0.3, -0.25) is 4.18 Å². The Labute approximate surface area is 220 Å². The lowest BCUT2D eigenvalue weighted by Gasteiger charge is -2.24. The fourth-order valence-corrected chi connectivity index (χ4v) is 6.05. The minimum Gasteiger partial charge on any atom is -0.394 e. The molecule has 0 spiro atoms. The van der Waals surface area contributed by atoms with Crippen LogP contribution >= 0.6 is 23.5 Å². The molecule has 0 aliphatic rings. The van der Waals surface area contributed by atoms with E-state index < -0.39 is 16.6 Å². The summed E-state index contributed by atoms with van der Waals surface area (Å²) < 4.78 is 17.4. The largest absolute Gasteiger partial charge is 0.394 e. The number of unbranched alkanes of at least 4 members (excludes halogenated alkanes) is 8. The van der Waals surface area contributed by atoms with Crippen molar-refractivity contribution in [2.75, 3.05) is 36.4 Å². The van der Waals surface area contributed by atoms with E-state index in [-0.39, 0.29) is 13.2 Å². The summed E-state index contributed by atoms with van der Waals surface area (Å²) in [6.45, 7) is 6.23. The van der Waals surface area contributed by atoms with Crippen LogP contribution < -0.4 is 5.73 Å². The van der Waals surface area contributed by atoms with Crippen molar-refractivity contribution in [3.05, 3.63) is 29.8 Å². The van der Waals surface area contributed by atoms with Crippen molar-refractivity contribution in [1.82, 2.24) is 0 Å². The third kappa shape index (κ3) is 18.2. The fourth-order valence-electron chi connectivity index (χ4n) is 3.19. The molecular weight excluding hydrogens is 486 g/mol. The van der Waals surface area contributed by atoms with Gasteiger partial charge in [0, 0.05) is 10.8 Å². The van der Waals surface area contributed by atoms with Crippen LogP contribution in [0.5, 0.6) is 0 Å². The molecule has 1 aromatic rings. The van der Waals surface area contributed by atoms with E-state index in [1.54, 1.807) is 0 Å². The van der Waals surface area contributed by atoms with Crippen molar-refractivity contribution >= 4 is 34.6 Å². The Morgan fingerprint density at radius 2 is 1.35 bits per heavy atom. The molecule has 5 nitrogen and oxygen atoms in total. The molecule has 0 heterocycles. The number of aryl methyl sites for hydroxylation is 1. The van der Waals surface area contributed by atoms with E-state index in [0.29, 0.717) is 13.0 Å². The quantitative estimate of drug-likeness (QED) is 0.130. The third-order valence-corrected chi connectivity index (χ3v) is 8.80. The second-order valence-electron chi connectivity index (χ2n) is 8.41. The van der Waals surface area contributed by atoms with E-state index in [1.165, 1.54) is 50.7 Å². The molecule has 8 heteroatoms. The van der Waals surface area contributed by atoms with Crippen LogP contribution in [0.25, 0.3) is 0 Å². The van der Waals surface area contributed by atoms with Crippen molar-refractivity contribution < 1.29 is 18.6 Å². The predicted molar refractivity (Wildman–Crippen MR) is 152 cm³/mol. The Kier molecular flexibility index (Phi) is 23.3. The van der Waals surface area contributed by atoms with Crippen LogP contribution in [0.2, 0.25) is 0 Å². The molecule has 0 amide bonds. The highest BCUT2D eigenvalue weighted by atomic mass is 32.2. The summed E-state index contributed by atoms with van der Waals surface area (Å²) in [7, 11) is 0. The Bertz CT molecular complexity index is 598. The minimum absolute atomic E-state index is 0.147. The van der Waals surface area contributed by atoms with Crippen molar-refractivity contribution in [3.63, 3.8) is 0 Å². The highest BCUT2D eigenvalue weighted by molar-refractivity contribution is 8.15. The van der Waals surface area contributed by atoms with Gasteiger partial charge in [0.2, 0.25) is 0 Å². The maximum Gasteiger partial charge on any atom is 0.189 e. The maximum atomic E-state index is 12.0. The zero-order valence-corrected chi connectivity index (χ0v) is 24.1. The number of nitrogens with two attached hydrogens (primary N) is 1. The van der Waals surface area contributed by atoms with Gasteiger partial charge in [-0.15, -0.1) is 11.8 Å². The summed E-state index contributed by atoms with van der Waals surface area (Å²) in [6.07, 6.45) is 11.8. The highest BCUT2D eigenvalue weighted by Crippen LogP contribution is 2.17. The van der Waals surface area contributed by atoms with Crippen molar-refractivity contribution in [2.24, 2.45) is 5.73 Å². The normalized spacial score (nSPS) is 12.3. The van der Waals surface area contributed by atoms with Gasteiger partial charge in [0.1, 0.15) is 0 Å². The fraction of sp³-hybridized carbons (Fsp3) is 0.769. The monoisotopic (exact) mass is 535 g/mol. The molecule has 0 aliphatic carbocycles. The lowest BCUT2D eigenvalue weighted by atomic mass is 9.94. The van der Waals surface area contributed by atoms with Crippen LogP contribution in [-0.2, 0) is 15.3 Å². The second kappa shape index (κ2) is 23.3.